The number of nitrogens with one attached hydrogen (secondary N) is 3. The highest BCUT2D eigenvalue weighted by molar-refractivity contribution is 7.11. The molecular weight excluding hydrogens is 294 g/mol. The molecule has 0 aliphatic rings. The number of thiazole rings is 1. The molecule has 1 atom stereocenters. The van der Waals surface area contributed by atoms with Gasteiger partial charge in [0.2, 0.25) is 0 Å². The molecule has 2 heterocycles. The number of carbonyl (C=O) groups excluding carboxylic acids is 1. The predicted octanol–water partition coefficient (Wildman–Crippen LogP) is 0.670. The Bertz CT molecular complexity index is 610. The Morgan fingerprint density at radius 3 is 2.86 bits per heavy atom. The van der Waals surface area contributed by atoms with E-state index in [1.54, 1.807) is 6.20 Å². The number of urea groups is 1. The average molecular weight is 309 g/mol. The standard InChI is InChI=1S/C12H15N5O3S/c1-7-3-14-10(21-7)5-15-12(20)17-9(11(18)19)2-8-4-13-6-16-8/h3-4,6,9H,2,5H2,1H3,(H,13,16)(H,18,19)(H2,15,17,20)/t9-/m1/s1. The zero-order valence-electron chi connectivity index (χ0n) is 11.3. The summed E-state index contributed by atoms with van der Waals surface area (Å²) in [6, 6.07) is -1.57. The third-order valence-electron chi connectivity index (χ3n) is 2.65. The van der Waals surface area contributed by atoms with E-state index in [4.69, 9.17) is 5.11 Å². The van der Waals surface area contributed by atoms with E-state index in [1.165, 1.54) is 23.9 Å². The fraction of sp³-hybridized carbons (Fsp3) is 0.333. The summed E-state index contributed by atoms with van der Waals surface area (Å²) in [6.45, 7) is 2.19. The lowest BCUT2D eigenvalue weighted by molar-refractivity contribution is -0.139. The van der Waals surface area contributed by atoms with Gasteiger partial charge in [0.05, 0.1) is 12.9 Å². The number of carbonyl (C=O) groups is 2. The lowest BCUT2D eigenvalue weighted by Gasteiger charge is -2.14. The molecule has 0 spiro atoms. The third kappa shape index (κ3) is 4.56. The lowest BCUT2D eigenvalue weighted by Crippen LogP contribution is -2.46. The van der Waals surface area contributed by atoms with Crippen LogP contribution in [0.15, 0.2) is 18.7 Å². The molecule has 2 rings (SSSR count). The highest BCUT2D eigenvalue weighted by Crippen LogP contribution is 2.10. The molecule has 9 heteroatoms. The van der Waals surface area contributed by atoms with Gasteiger partial charge in [-0.05, 0) is 6.92 Å². The van der Waals surface area contributed by atoms with Crippen molar-refractivity contribution < 1.29 is 14.7 Å². The van der Waals surface area contributed by atoms with Gasteiger partial charge < -0.3 is 20.7 Å². The van der Waals surface area contributed by atoms with Crippen molar-refractivity contribution in [2.75, 3.05) is 0 Å². The van der Waals surface area contributed by atoms with Crippen molar-refractivity contribution >= 4 is 23.3 Å². The summed E-state index contributed by atoms with van der Waals surface area (Å²) in [6.07, 6.45) is 4.84. The fourth-order valence-electron chi connectivity index (χ4n) is 1.66. The normalized spacial score (nSPS) is 11.9. The Morgan fingerprint density at radius 2 is 2.29 bits per heavy atom. The number of hydrogen-bond acceptors (Lipinski definition) is 5. The van der Waals surface area contributed by atoms with Crippen LogP contribution in [0.4, 0.5) is 4.79 Å². The Balaban J connectivity index is 1.84. The van der Waals surface area contributed by atoms with Crippen LogP contribution in [0.3, 0.4) is 0 Å². The second-order valence-corrected chi connectivity index (χ2v) is 5.68. The first-order valence-corrected chi connectivity index (χ1v) is 7.02. The van der Waals surface area contributed by atoms with Crippen molar-refractivity contribution in [1.29, 1.82) is 0 Å². The quantitative estimate of drug-likeness (QED) is 0.625. The number of carboxylic acid groups (broad SMARTS) is 1. The van der Waals surface area contributed by atoms with Gasteiger partial charge in [-0.25, -0.2) is 19.6 Å². The first-order chi connectivity index (χ1) is 10.0. The van der Waals surface area contributed by atoms with Gasteiger partial charge in [0.25, 0.3) is 0 Å². The van der Waals surface area contributed by atoms with Crippen molar-refractivity contribution in [1.82, 2.24) is 25.6 Å². The molecule has 21 heavy (non-hydrogen) atoms. The van der Waals surface area contributed by atoms with Gasteiger partial charge >= 0.3 is 12.0 Å². The molecule has 0 aliphatic carbocycles. The van der Waals surface area contributed by atoms with Crippen LogP contribution in [-0.2, 0) is 17.8 Å². The molecule has 0 radical (unpaired) electrons. The maximum Gasteiger partial charge on any atom is 0.326 e. The number of aliphatic carboxylic acids is 1. The van der Waals surface area contributed by atoms with E-state index in [0.717, 1.165) is 9.88 Å². The minimum Gasteiger partial charge on any atom is -0.480 e. The number of amides is 2. The van der Waals surface area contributed by atoms with Crippen LogP contribution in [0.1, 0.15) is 15.6 Å². The van der Waals surface area contributed by atoms with Crippen molar-refractivity contribution in [2.24, 2.45) is 0 Å². The van der Waals surface area contributed by atoms with E-state index < -0.39 is 18.0 Å². The summed E-state index contributed by atoms with van der Waals surface area (Å²) in [7, 11) is 0. The summed E-state index contributed by atoms with van der Waals surface area (Å²) in [5.41, 5.74) is 0.637. The molecule has 0 aromatic carbocycles. The monoisotopic (exact) mass is 309 g/mol. The van der Waals surface area contributed by atoms with Gasteiger partial charge in [-0.15, -0.1) is 11.3 Å². The van der Waals surface area contributed by atoms with Crippen LogP contribution in [0.2, 0.25) is 0 Å². The van der Waals surface area contributed by atoms with E-state index >= 15 is 0 Å². The fourth-order valence-corrected chi connectivity index (χ4v) is 2.39. The van der Waals surface area contributed by atoms with E-state index in [2.05, 4.69) is 25.6 Å². The predicted molar refractivity (Wildman–Crippen MR) is 75.9 cm³/mol. The molecule has 2 aromatic rings. The molecule has 112 valence electrons. The highest BCUT2D eigenvalue weighted by atomic mass is 32.1. The average Bonchev–Trinajstić information content (AvgIpc) is 3.07. The second-order valence-electron chi connectivity index (χ2n) is 4.36. The molecule has 0 saturated heterocycles. The van der Waals surface area contributed by atoms with Crippen molar-refractivity contribution in [2.45, 2.75) is 25.9 Å². The number of aromatic nitrogens is 3. The summed E-state index contributed by atoms with van der Waals surface area (Å²) in [5, 5.41) is 14.9. The topological polar surface area (TPSA) is 120 Å². The van der Waals surface area contributed by atoms with E-state index in [9.17, 15) is 9.59 Å². The lowest BCUT2D eigenvalue weighted by atomic mass is 10.2. The molecule has 0 bridgehead atoms. The molecule has 0 fully saturated rings. The summed E-state index contributed by atoms with van der Waals surface area (Å²) >= 11 is 1.48. The van der Waals surface area contributed by atoms with Crippen LogP contribution in [-0.4, -0.2) is 38.1 Å². The summed E-state index contributed by atoms with van der Waals surface area (Å²) < 4.78 is 0. The number of aromatic amines is 1. The van der Waals surface area contributed by atoms with Crippen molar-refractivity contribution in [3.63, 3.8) is 0 Å². The zero-order chi connectivity index (χ0) is 15.2. The molecule has 2 amide bonds. The maximum absolute atomic E-state index is 11.7. The molecule has 8 nitrogen and oxygen atoms in total. The smallest absolute Gasteiger partial charge is 0.326 e. The number of carboxylic acids is 1. The number of H-pyrrole nitrogens is 1. The van der Waals surface area contributed by atoms with Crippen LogP contribution in [0, 0.1) is 6.92 Å². The number of imidazole rings is 1. The number of hydrogen-bond donors (Lipinski definition) is 4. The minimum absolute atomic E-state index is 0.138. The SMILES string of the molecule is Cc1cnc(CNC(=O)N[C@H](Cc2cnc[nH]2)C(=O)O)s1. The van der Waals surface area contributed by atoms with E-state index in [0.29, 0.717) is 5.69 Å². The van der Waals surface area contributed by atoms with Crippen LogP contribution in [0.25, 0.3) is 0 Å². The Kier molecular flexibility index (Phi) is 4.88. The molecule has 0 saturated carbocycles. The summed E-state index contributed by atoms with van der Waals surface area (Å²) in [5.74, 6) is -1.11. The Hall–Kier alpha value is -2.42. The van der Waals surface area contributed by atoms with Gasteiger partial charge in [0, 0.05) is 29.4 Å². The van der Waals surface area contributed by atoms with E-state index in [1.807, 2.05) is 6.92 Å². The van der Waals surface area contributed by atoms with Gasteiger partial charge in [-0.3, -0.25) is 0 Å². The van der Waals surface area contributed by atoms with Gasteiger partial charge in [-0.2, -0.15) is 0 Å². The van der Waals surface area contributed by atoms with E-state index in [-0.39, 0.29) is 13.0 Å². The first kappa shape index (κ1) is 15.0. The molecule has 4 N–H and O–H groups in total. The largest absolute Gasteiger partial charge is 0.480 e. The first-order valence-electron chi connectivity index (χ1n) is 6.20. The third-order valence-corrected chi connectivity index (χ3v) is 3.56. The van der Waals surface area contributed by atoms with Crippen LogP contribution < -0.4 is 10.6 Å². The van der Waals surface area contributed by atoms with Gasteiger partial charge in [-0.1, -0.05) is 0 Å². The van der Waals surface area contributed by atoms with Crippen molar-refractivity contribution in [3.8, 4) is 0 Å². The number of nitrogens with zero attached hydrogens (tertiary/aromatic N) is 2. The zero-order valence-corrected chi connectivity index (χ0v) is 12.1. The molecule has 2 aromatic heterocycles. The molecule has 0 aliphatic heterocycles. The Labute approximate surface area is 124 Å². The maximum atomic E-state index is 11.7. The minimum atomic E-state index is -1.11. The Morgan fingerprint density at radius 1 is 1.48 bits per heavy atom. The van der Waals surface area contributed by atoms with Crippen molar-refractivity contribution in [3.05, 3.63) is 34.3 Å². The highest BCUT2D eigenvalue weighted by Gasteiger charge is 2.20. The van der Waals surface area contributed by atoms with Crippen LogP contribution >= 0.6 is 11.3 Å². The number of rotatable bonds is 6. The van der Waals surface area contributed by atoms with Gasteiger partial charge in [0.15, 0.2) is 0 Å². The van der Waals surface area contributed by atoms with Gasteiger partial charge in [0.1, 0.15) is 11.0 Å². The summed E-state index contributed by atoms with van der Waals surface area (Å²) in [4.78, 5) is 34.7. The number of aryl methyl sites for hydroxylation is 1. The molecule has 0 unspecified atom stereocenters. The van der Waals surface area contributed by atoms with Crippen LogP contribution in [0.5, 0.6) is 0 Å². The molecular formula is C12H15N5O3S. The second kappa shape index (κ2) is 6.84.